The molecule has 6 heteroatoms. The topological polar surface area (TPSA) is 52.6 Å². The molecule has 0 heterocycles. The van der Waals surface area contributed by atoms with Crippen LogP contribution in [0.2, 0.25) is 5.02 Å². The molecule has 2 N–H and O–H groups in total. The minimum atomic E-state index is -0.237. The zero-order valence-electron chi connectivity index (χ0n) is 10.4. The molecule has 1 aromatic carbocycles. The van der Waals surface area contributed by atoms with Crippen LogP contribution in [0.15, 0.2) is 23.1 Å². The number of aliphatic hydroxyl groups excluding tert-OH is 1. The van der Waals surface area contributed by atoms with Crippen LogP contribution in [0, 0.1) is 0 Å². The average Bonchev–Trinajstić information content (AvgIpc) is 2.36. The van der Waals surface area contributed by atoms with Gasteiger partial charge in [0.1, 0.15) is 0 Å². The normalized spacial score (nSPS) is 10.2. The highest BCUT2D eigenvalue weighted by atomic mass is 35.5. The van der Waals surface area contributed by atoms with E-state index in [9.17, 15) is 4.79 Å². The Hall–Kier alpha value is -0.910. The molecule has 18 heavy (non-hydrogen) atoms. The van der Waals surface area contributed by atoms with Gasteiger partial charge in [-0.15, -0.1) is 11.8 Å². The first-order valence-corrected chi connectivity index (χ1v) is 7.23. The number of halogens is 1. The third kappa shape index (κ3) is 4.08. The van der Waals surface area contributed by atoms with Crippen LogP contribution in [0.1, 0.15) is 6.92 Å². The number of nitrogens with zero attached hydrogens (tertiary/aromatic N) is 1. The van der Waals surface area contributed by atoms with E-state index in [0.717, 1.165) is 4.90 Å². The van der Waals surface area contributed by atoms with Crippen LogP contribution in [0.4, 0.5) is 10.5 Å². The van der Waals surface area contributed by atoms with Gasteiger partial charge in [0.05, 0.1) is 11.6 Å². The number of urea groups is 1. The molecule has 0 aliphatic rings. The van der Waals surface area contributed by atoms with Crippen molar-refractivity contribution in [3.8, 4) is 0 Å². The highest BCUT2D eigenvalue weighted by molar-refractivity contribution is 7.98. The highest BCUT2D eigenvalue weighted by Crippen LogP contribution is 2.27. The summed E-state index contributed by atoms with van der Waals surface area (Å²) < 4.78 is 0. The smallest absolute Gasteiger partial charge is 0.321 e. The summed E-state index contributed by atoms with van der Waals surface area (Å²) in [5.74, 6) is 0. The molecule has 0 radical (unpaired) electrons. The molecule has 0 saturated carbocycles. The lowest BCUT2D eigenvalue weighted by atomic mass is 10.3. The van der Waals surface area contributed by atoms with Gasteiger partial charge in [0, 0.05) is 23.7 Å². The Bertz CT molecular complexity index is 415. The standard InChI is InChI=1S/C12H17ClN2O2S/c1-3-15(6-7-16)12(17)14-9-4-5-11(18-2)10(13)8-9/h4-5,8,16H,3,6-7H2,1-2H3,(H,14,17). The molecule has 1 rings (SSSR count). The fraction of sp³-hybridized carbons (Fsp3) is 0.417. The van der Waals surface area contributed by atoms with Crippen molar-refractivity contribution in [1.29, 1.82) is 0 Å². The SMILES string of the molecule is CCN(CCO)C(=O)Nc1ccc(SC)c(Cl)c1. The van der Waals surface area contributed by atoms with Gasteiger partial charge in [0.15, 0.2) is 0 Å². The first kappa shape index (κ1) is 15.1. The number of aliphatic hydroxyl groups is 1. The molecule has 0 bridgehead atoms. The monoisotopic (exact) mass is 288 g/mol. The Morgan fingerprint density at radius 3 is 2.78 bits per heavy atom. The zero-order valence-corrected chi connectivity index (χ0v) is 12.0. The number of rotatable bonds is 5. The number of thioether (sulfide) groups is 1. The molecule has 1 aromatic rings. The summed E-state index contributed by atoms with van der Waals surface area (Å²) in [6.07, 6.45) is 1.94. The lowest BCUT2D eigenvalue weighted by molar-refractivity contribution is 0.192. The zero-order chi connectivity index (χ0) is 13.5. The molecule has 0 aromatic heterocycles. The van der Waals surface area contributed by atoms with Gasteiger partial charge in [0.2, 0.25) is 0 Å². The number of anilines is 1. The predicted molar refractivity (Wildman–Crippen MR) is 76.6 cm³/mol. The van der Waals surface area contributed by atoms with E-state index in [1.165, 1.54) is 4.90 Å². The minimum Gasteiger partial charge on any atom is -0.395 e. The van der Waals surface area contributed by atoms with Crippen LogP contribution < -0.4 is 5.32 Å². The number of amides is 2. The molecule has 0 aliphatic heterocycles. The first-order chi connectivity index (χ1) is 8.62. The van der Waals surface area contributed by atoms with Crippen molar-refractivity contribution in [1.82, 2.24) is 4.90 Å². The number of carbonyl (C=O) groups excluding carboxylic acids is 1. The number of carbonyl (C=O) groups is 1. The van der Waals surface area contributed by atoms with Crippen LogP contribution in [-0.2, 0) is 0 Å². The largest absolute Gasteiger partial charge is 0.395 e. The number of benzene rings is 1. The van der Waals surface area contributed by atoms with Crippen molar-refractivity contribution in [2.45, 2.75) is 11.8 Å². The van der Waals surface area contributed by atoms with Gasteiger partial charge in [-0.3, -0.25) is 0 Å². The fourth-order valence-corrected chi connectivity index (χ4v) is 2.34. The summed E-state index contributed by atoms with van der Waals surface area (Å²) in [5, 5.41) is 12.2. The van der Waals surface area contributed by atoms with E-state index in [0.29, 0.717) is 23.8 Å². The van der Waals surface area contributed by atoms with E-state index in [1.807, 2.05) is 25.3 Å². The Labute approximate surface area is 116 Å². The van der Waals surface area contributed by atoms with Gasteiger partial charge < -0.3 is 15.3 Å². The molecular formula is C12H17ClN2O2S. The second kappa shape index (κ2) is 7.51. The van der Waals surface area contributed by atoms with E-state index in [4.69, 9.17) is 16.7 Å². The molecule has 0 aliphatic carbocycles. The summed E-state index contributed by atoms with van der Waals surface area (Å²) in [4.78, 5) is 14.3. The maximum absolute atomic E-state index is 11.9. The molecule has 0 saturated heterocycles. The van der Waals surface area contributed by atoms with E-state index in [2.05, 4.69) is 5.32 Å². The second-order valence-electron chi connectivity index (χ2n) is 3.58. The lowest BCUT2D eigenvalue weighted by Crippen LogP contribution is -2.36. The van der Waals surface area contributed by atoms with Gasteiger partial charge >= 0.3 is 6.03 Å². The molecule has 0 fully saturated rings. The van der Waals surface area contributed by atoms with E-state index >= 15 is 0 Å². The third-order valence-electron chi connectivity index (χ3n) is 2.44. The molecular weight excluding hydrogens is 272 g/mol. The van der Waals surface area contributed by atoms with Crippen molar-refractivity contribution < 1.29 is 9.90 Å². The molecule has 0 spiro atoms. The van der Waals surface area contributed by atoms with Gasteiger partial charge in [-0.1, -0.05) is 11.6 Å². The predicted octanol–water partition coefficient (Wildman–Crippen LogP) is 2.91. The number of hydrogen-bond donors (Lipinski definition) is 2. The lowest BCUT2D eigenvalue weighted by Gasteiger charge is -2.20. The fourth-order valence-electron chi connectivity index (χ4n) is 1.47. The quantitative estimate of drug-likeness (QED) is 0.819. The first-order valence-electron chi connectivity index (χ1n) is 5.62. The molecule has 0 atom stereocenters. The molecule has 4 nitrogen and oxygen atoms in total. The summed E-state index contributed by atoms with van der Waals surface area (Å²) in [6.45, 7) is 2.68. The van der Waals surface area contributed by atoms with Crippen molar-refractivity contribution >= 4 is 35.1 Å². The van der Waals surface area contributed by atoms with Crippen molar-refractivity contribution in [2.75, 3.05) is 31.3 Å². The van der Waals surface area contributed by atoms with Gasteiger partial charge in [-0.25, -0.2) is 4.79 Å². The van der Waals surface area contributed by atoms with Crippen LogP contribution in [0.25, 0.3) is 0 Å². The number of hydrogen-bond acceptors (Lipinski definition) is 3. The third-order valence-corrected chi connectivity index (χ3v) is 3.66. The maximum Gasteiger partial charge on any atom is 0.321 e. The number of likely N-dealkylation sites (N-methyl/N-ethyl adjacent to an activating group) is 1. The van der Waals surface area contributed by atoms with E-state index in [1.54, 1.807) is 17.8 Å². The minimum absolute atomic E-state index is 0.0482. The van der Waals surface area contributed by atoms with Gasteiger partial charge in [-0.2, -0.15) is 0 Å². The number of nitrogens with one attached hydrogen (secondary N) is 1. The summed E-state index contributed by atoms with van der Waals surface area (Å²) in [5.41, 5.74) is 0.652. The summed E-state index contributed by atoms with van der Waals surface area (Å²) in [7, 11) is 0. The second-order valence-corrected chi connectivity index (χ2v) is 4.84. The van der Waals surface area contributed by atoms with Crippen LogP contribution in [-0.4, -0.2) is 42.0 Å². The maximum atomic E-state index is 11.9. The molecule has 2 amide bonds. The summed E-state index contributed by atoms with van der Waals surface area (Å²) >= 11 is 7.62. The highest BCUT2D eigenvalue weighted by Gasteiger charge is 2.11. The van der Waals surface area contributed by atoms with Gasteiger partial charge in [-0.05, 0) is 31.4 Å². The van der Waals surface area contributed by atoms with Gasteiger partial charge in [0.25, 0.3) is 0 Å². The summed E-state index contributed by atoms with van der Waals surface area (Å²) in [6, 6.07) is 5.16. The van der Waals surface area contributed by atoms with Crippen LogP contribution >= 0.6 is 23.4 Å². The van der Waals surface area contributed by atoms with Crippen LogP contribution in [0.5, 0.6) is 0 Å². The van der Waals surface area contributed by atoms with E-state index < -0.39 is 0 Å². The molecule has 100 valence electrons. The molecule has 0 unspecified atom stereocenters. The Morgan fingerprint density at radius 2 is 2.28 bits per heavy atom. The van der Waals surface area contributed by atoms with Crippen molar-refractivity contribution in [2.24, 2.45) is 0 Å². The Morgan fingerprint density at radius 1 is 1.56 bits per heavy atom. The van der Waals surface area contributed by atoms with E-state index in [-0.39, 0.29) is 12.6 Å². The van der Waals surface area contributed by atoms with Crippen molar-refractivity contribution in [3.63, 3.8) is 0 Å². The Balaban J connectivity index is 2.72. The van der Waals surface area contributed by atoms with Crippen molar-refractivity contribution in [3.05, 3.63) is 23.2 Å². The Kier molecular flexibility index (Phi) is 6.32. The van der Waals surface area contributed by atoms with Crippen LogP contribution in [0.3, 0.4) is 0 Å². The average molecular weight is 289 g/mol.